The van der Waals surface area contributed by atoms with Crippen LogP contribution in [-0.2, 0) is 17.6 Å². The molecule has 1 amide bonds. The van der Waals surface area contributed by atoms with E-state index in [4.69, 9.17) is 5.73 Å². The van der Waals surface area contributed by atoms with Gasteiger partial charge in [-0.15, -0.1) is 0 Å². The van der Waals surface area contributed by atoms with Crippen molar-refractivity contribution in [1.82, 2.24) is 10.2 Å². The highest BCUT2D eigenvalue weighted by Gasteiger charge is 2.38. The van der Waals surface area contributed by atoms with E-state index in [0.717, 1.165) is 51.9 Å². The summed E-state index contributed by atoms with van der Waals surface area (Å²) in [4.78, 5) is 14.6. The van der Waals surface area contributed by atoms with Crippen molar-refractivity contribution >= 4 is 5.91 Å². The van der Waals surface area contributed by atoms with E-state index in [2.05, 4.69) is 36.5 Å². The smallest absolute Gasteiger partial charge is 0.225 e. The first kappa shape index (κ1) is 15.5. The highest BCUT2D eigenvalue weighted by Crippen LogP contribution is 2.36. The summed E-state index contributed by atoms with van der Waals surface area (Å²) in [6.45, 7) is 5.53. The Morgan fingerprint density at radius 2 is 1.91 bits per heavy atom. The number of benzene rings is 1. The third-order valence-electron chi connectivity index (χ3n) is 4.93. The fourth-order valence-electron chi connectivity index (χ4n) is 3.26. The molecule has 1 unspecified atom stereocenters. The normalized spacial score (nSPS) is 21.5. The Morgan fingerprint density at radius 1 is 1.27 bits per heavy atom. The number of carbonyl (C=O) groups is 1. The van der Waals surface area contributed by atoms with E-state index in [-0.39, 0.29) is 17.4 Å². The van der Waals surface area contributed by atoms with Crippen LogP contribution >= 0.6 is 0 Å². The van der Waals surface area contributed by atoms with Crippen molar-refractivity contribution in [2.45, 2.75) is 38.1 Å². The van der Waals surface area contributed by atoms with Gasteiger partial charge in [0.05, 0.1) is 0 Å². The summed E-state index contributed by atoms with van der Waals surface area (Å²) in [6.07, 6.45) is 4.00. The summed E-state index contributed by atoms with van der Waals surface area (Å²) >= 11 is 0. The molecule has 1 aliphatic heterocycles. The number of hydrogen-bond acceptors (Lipinski definition) is 3. The van der Waals surface area contributed by atoms with Crippen molar-refractivity contribution in [3.63, 3.8) is 0 Å². The second-order valence-electron chi connectivity index (χ2n) is 6.99. The van der Waals surface area contributed by atoms with Crippen LogP contribution in [0, 0.1) is 5.92 Å². The van der Waals surface area contributed by atoms with Crippen molar-refractivity contribution in [3.05, 3.63) is 35.4 Å². The summed E-state index contributed by atoms with van der Waals surface area (Å²) < 4.78 is 0. The number of amides is 1. The molecule has 1 atom stereocenters. The van der Waals surface area contributed by atoms with Gasteiger partial charge in [0.15, 0.2) is 0 Å². The molecule has 4 heteroatoms. The number of hydrogen-bond donors (Lipinski definition) is 2. The van der Waals surface area contributed by atoms with E-state index in [1.165, 1.54) is 11.1 Å². The van der Waals surface area contributed by atoms with Crippen molar-refractivity contribution in [2.24, 2.45) is 11.7 Å². The van der Waals surface area contributed by atoms with Gasteiger partial charge in [0.1, 0.15) is 0 Å². The highest BCUT2D eigenvalue weighted by atomic mass is 16.2. The lowest BCUT2D eigenvalue weighted by atomic mass is 9.92. The maximum Gasteiger partial charge on any atom is 0.225 e. The van der Waals surface area contributed by atoms with Crippen LogP contribution in [0.25, 0.3) is 0 Å². The molecule has 120 valence electrons. The van der Waals surface area contributed by atoms with Crippen LogP contribution < -0.4 is 11.1 Å². The van der Waals surface area contributed by atoms with Crippen molar-refractivity contribution in [1.29, 1.82) is 0 Å². The molecule has 1 aliphatic carbocycles. The van der Waals surface area contributed by atoms with Gasteiger partial charge in [-0.3, -0.25) is 4.79 Å². The molecule has 0 aromatic heterocycles. The average Bonchev–Trinajstić information content (AvgIpc) is 3.26. The maximum atomic E-state index is 12.6. The average molecular weight is 301 g/mol. The van der Waals surface area contributed by atoms with Crippen molar-refractivity contribution in [3.8, 4) is 0 Å². The maximum absolute atomic E-state index is 12.6. The van der Waals surface area contributed by atoms with Crippen LogP contribution in [-0.4, -0.2) is 42.5 Å². The molecule has 1 saturated heterocycles. The first-order valence-corrected chi connectivity index (χ1v) is 8.43. The first-order valence-electron chi connectivity index (χ1n) is 8.43. The molecule has 0 spiro atoms. The first-order chi connectivity index (χ1) is 10.6. The van der Waals surface area contributed by atoms with Crippen LogP contribution in [0.4, 0.5) is 0 Å². The largest absolute Gasteiger partial charge is 0.340 e. The molecule has 1 aromatic carbocycles. The zero-order chi connectivity index (χ0) is 15.6. The zero-order valence-electron chi connectivity index (χ0n) is 13.5. The number of nitrogens with one attached hydrogen (secondary N) is 1. The number of piperazine rings is 1. The second-order valence-corrected chi connectivity index (χ2v) is 6.99. The fourth-order valence-corrected chi connectivity index (χ4v) is 3.26. The number of nitrogens with zero attached hydrogens (tertiary/aromatic N) is 1. The quantitative estimate of drug-likeness (QED) is 0.862. The Balaban J connectivity index is 1.65. The summed E-state index contributed by atoms with van der Waals surface area (Å²) in [5, 5.41) is 3.29. The SMILES string of the molecule is CC(Cc1ccccc1CC1(N)CC1)C(=O)N1CCNCC1. The minimum Gasteiger partial charge on any atom is -0.340 e. The third-order valence-corrected chi connectivity index (χ3v) is 4.93. The van der Waals surface area contributed by atoms with E-state index in [0.29, 0.717) is 0 Å². The van der Waals surface area contributed by atoms with Gasteiger partial charge in [-0.1, -0.05) is 31.2 Å². The fraction of sp³-hybridized carbons (Fsp3) is 0.611. The minimum atomic E-state index is 0.0158. The molecular weight excluding hydrogens is 274 g/mol. The zero-order valence-corrected chi connectivity index (χ0v) is 13.5. The molecule has 1 heterocycles. The van der Waals surface area contributed by atoms with Gasteiger partial charge in [0.2, 0.25) is 5.91 Å². The Morgan fingerprint density at radius 3 is 2.55 bits per heavy atom. The Hall–Kier alpha value is -1.39. The van der Waals surface area contributed by atoms with Gasteiger partial charge in [0.25, 0.3) is 0 Å². The summed E-state index contributed by atoms with van der Waals surface area (Å²) in [6, 6.07) is 8.47. The van der Waals surface area contributed by atoms with Crippen LogP contribution in [0.2, 0.25) is 0 Å². The number of rotatable bonds is 5. The second kappa shape index (κ2) is 6.39. The predicted molar refractivity (Wildman–Crippen MR) is 88.6 cm³/mol. The van der Waals surface area contributed by atoms with E-state index >= 15 is 0 Å². The number of carbonyl (C=O) groups excluding carboxylic acids is 1. The van der Waals surface area contributed by atoms with E-state index in [1.807, 2.05) is 4.90 Å². The van der Waals surface area contributed by atoms with Crippen LogP contribution in [0.3, 0.4) is 0 Å². The highest BCUT2D eigenvalue weighted by molar-refractivity contribution is 5.79. The predicted octanol–water partition coefficient (Wildman–Crippen LogP) is 1.33. The van der Waals surface area contributed by atoms with E-state index in [9.17, 15) is 4.79 Å². The lowest BCUT2D eigenvalue weighted by Gasteiger charge is -2.30. The molecular formula is C18H27N3O. The lowest BCUT2D eigenvalue weighted by molar-refractivity contribution is -0.135. The van der Waals surface area contributed by atoms with Gasteiger partial charge in [-0.2, -0.15) is 0 Å². The third kappa shape index (κ3) is 3.68. The summed E-state index contributed by atoms with van der Waals surface area (Å²) in [5.74, 6) is 0.317. The van der Waals surface area contributed by atoms with E-state index in [1.54, 1.807) is 0 Å². The standard InChI is InChI=1S/C18H27N3O/c1-14(17(22)21-10-8-20-9-11-21)12-15-4-2-3-5-16(15)13-18(19)6-7-18/h2-5,14,20H,6-13,19H2,1H3. The van der Waals surface area contributed by atoms with E-state index < -0.39 is 0 Å². The molecule has 4 nitrogen and oxygen atoms in total. The Labute approximate surface area is 133 Å². The van der Waals surface area contributed by atoms with Crippen molar-refractivity contribution < 1.29 is 4.79 Å². The topological polar surface area (TPSA) is 58.4 Å². The van der Waals surface area contributed by atoms with Gasteiger partial charge >= 0.3 is 0 Å². The Bertz CT molecular complexity index is 533. The van der Waals surface area contributed by atoms with Crippen LogP contribution in [0.15, 0.2) is 24.3 Å². The van der Waals surface area contributed by atoms with Gasteiger partial charge in [-0.25, -0.2) is 0 Å². The molecule has 0 radical (unpaired) electrons. The van der Waals surface area contributed by atoms with Gasteiger partial charge < -0.3 is 16.0 Å². The monoisotopic (exact) mass is 301 g/mol. The van der Waals surface area contributed by atoms with Crippen LogP contribution in [0.1, 0.15) is 30.9 Å². The molecule has 3 N–H and O–H groups in total. The van der Waals surface area contributed by atoms with Crippen LogP contribution in [0.5, 0.6) is 0 Å². The van der Waals surface area contributed by atoms with Gasteiger partial charge in [-0.05, 0) is 36.8 Å². The summed E-state index contributed by atoms with van der Waals surface area (Å²) in [7, 11) is 0. The molecule has 3 rings (SSSR count). The van der Waals surface area contributed by atoms with Gasteiger partial charge in [0, 0.05) is 37.6 Å². The minimum absolute atomic E-state index is 0.0158. The molecule has 1 aromatic rings. The van der Waals surface area contributed by atoms with Crippen molar-refractivity contribution in [2.75, 3.05) is 26.2 Å². The molecule has 2 fully saturated rings. The lowest BCUT2D eigenvalue weighted by Crippen LogP contribution is -2.48. The molecule has 0 bridgehead atoms. The molecule has 22 heavy (non-hydrogen) atoms. The molecule has 1 saturated carbocycles. The summed E-state index contributed by atoms with van der Waals surface area (Å²) in [5.41, 5.74) is 8.90. The Kier molecular flexibility index (Phi) is 4.50. The number of nitrogens with two attached hydrogens (primary N) is 1. The molecule has 2 aliphatic rings.